The van der Waals surface area contributed by atoms with Crippen LogP contribution in [-0.2, 0) is 16.1 Å². The van der Waals surface area contributed by atoms with E-state index in [1.54, 1.807) is 4.90 Å². The van der Waals surface area contributed by atoms with E-state index in [9.17, 15) is 14.4 Å². The number of hydrogen-bond acceptors (Lipinski definition) is 6. The first-order chi connectivity index (χ1) is 19.4. The Labute approximate surface area is 237 Å². The molecule has 1 unspecified atom stereocenters. The van der Waals surface area contributed by atoms with E-state index in [1.165, 1.54) is 38.5 Å². The molecule has 8 rings (SSSR count). The minimum absolute atomic E-state index is 0.152. The van der Waals surface area contributed by atoms with Gasteiger partial charge in [0.1, 0.15) is 6.04 Å². The Morgan fingerprint density at radius 1 is 0.975 bits per heavy atom. The van der Waals surface area contributed by atoms with Crippen molar-refractivity contribution in [1.29, 1.82) is 0 Å². The second-order valence-corrected chi connectivity index (χ2v) is 13.3. The van der Waals surface area contributed by atoms with Crippen LogP contribution in [0.25, 0.3) is 0 Å². The summed E-state index contributed by atoms with van der Waals surface area (Å²) in [6.07, 6.45) is 10.4. The number of carbonyl (C=O) groups excluding carboxylic acids is 3. The maximum Gasteiger partial charge on any atom is 0.255 e. The molecule has 212 valence electrons. The maximum atomic E-state index is 13.1. The lowest BCUT2D eigenvalue weighted by Gasteiger charge is -2.57. The van der Waals surface area contributed by atoms with Crippen molar-refractivity contribution >= 4 is 17.7 Å². The first kappa shape index (κ1) is 26.0. The van der Waals surface area contributed by atoms with Crippen molar-refractivity contribution in [3.63, 3.8) is 0 Å². The lowest BCUT2D eigenvalue weighted by Crippen LogP contribution is -2.59. The van der Waals surface area contributed by atoms with Gasteiger partial charge in [-0.3, -0.25) is 19.7 Å². The molecule has 8 heteroatoms. The molecule has 4 bridgehead atoms. The van der Waals surface area contributed by atoms with Crippen LogP contribution in [0.2, 0.25) is 0 Å². The summed E-state index contributed by atoms with van der Waals surface area (Å²) in [5.41, 5.74) is 2.78. The summed E-state index contributed by atoms with van der Waals surface area (Å²) in [6, 6.07) is 8.43. The Morgan fingerprint density at radius 3 is 2.50 bits per heavy atom. The Bertz CT molecular complexity index is 1230. The molecule has 4 aliphatic carbocycles. The summed E-state index contributed by atoms with van der Waals surface area (Å²) in [5.74, 6) is 5.48. The van der Waals surface area contributed by atoms with Crippen LogP contribution in [-0.4, -0.2) is 83.3 Å². The van der Waals surface area contributed by atoms with Gasteiger partial charge in [0, 0.05) is 68.4 Å². The Hall–Kier alpha value is -2.89. The van der Waals surface area contributed by atoms with Gasteiger partial charge in [-0.25, -0.2) is 0 Å². The molecule has 0 radical (unpaired) electrons. The van der Waals surface area contributed by atoms with Crippen molar-refractivity contribution < 1.29 is 14.4 Å². The highest BCUT2D eigenvalue weighted by molar-refractivity contribution is 6.05. The minimum Gasteiger partial charge on any atom is -0.331 e. The molecule has 1 aromatic rings. The lowest BCUT2D eigenvalue weighted by molar-refractivity contribution is -0.136. The second-order valence-electron chi connectivity index (χ2n) is 13.3. The number of imide groups is 1. The number of nitrogens with one attached hydrogen (secondary N) is 2. The van der Waals surface area contributed by atoms with Crippen LogP contribution in [0, 0.1) is 29.7 Å². The molecule has 4 saturated carbocycles. The van der Waals surface area contributed by atoms with Gasteiger partial charge in [-0.05, 0) is 99.3 Å². The molecule has 6 fully saturated rings. The third-order valence-electron chi connectivity index (χ3n) is 10.5. The molecule has 0 spiro atoms. The van der Waals surface area contributed by atoms with Crippen LogP contribution in [0.5, 0.6) is 0 Å². The van der Waals surface area contributed by atoms with E-state index < -0.39 is 6.04 Å². The van der Waals surface area contributed by atoms with Crippen LogP contribution in [0.3, 0.4) is 0 Å². The standard InChI is InChI=1S/C32H41N5O3/c38-29-6-5-28(30(39)34-29)37-21-27-25(3-1-4-26(27)31(37)40)7-11-35-9-2-10-36(14-13-35)12-8-33-32-18-22-15-23(19-32)17-24(16-22)20-32/h1,3-4,22-24,28,33H,2,5-6,8-10,12-21H2,(H,34,38,39). The normalized spacial score (nSPS) is 33.5. The highest BCUT2D eigenvalue weighted by Crippen LogP contribution is 2.55. The zero-order valence-corrected chi connectivity index (χ0v) is 23.4. The molecule has 8 nitrogen and oxygen atoms in total. The van der Waals surface area contributed by atoms with Crippen molar-refractivity contribution in [3.05, 3.63) is 34.9 Å². The summed E-state index contributed by atoms with van der Waals surface area (Å²) in [7, 11) is 0. The smallest absolute Gasteiger partial charge is 0.255 e. The van der Waals surface area contributed by atoms with Crippen LogP contribution in [0.1, 0.15) is 79.3 Å². The molecule has 1 aromatic carbocycles. The minimum atomic E-state index is -0.604. The van der Waals surface area contributed by atoms with Crippen molar-refractivity contribution in [2.24, 2.45) is 17.8 Å². The Morgan fingerprint density at radius 2 is 1.75 bits per heavy atom. The van der Waals surface area contributed by atoms with Gasteiger partial charge in [0.25, 0.3) is 5.91 Å². The number of nitrogens with zero attached hydrogens (tertiary/aromatic N) is 3. The van der Waals surface area contributed by atoms with Gasteiger partial charge < -0.3 is 20.0 Å². The number of fused-ring (bicyclic) bond motifs is 1. The quantitative estimate of drug-likeness (QED) is 0.438. The summed E-state index contributed by atoms with van der Waals surface area (Å²) < 4.78 is 0. The fraction of sp³-hybridized carbons (Fsp3) is 0.656. The molecule has 0 aromatic heterocycles. The molecule has 1 atom stereocenters. The van der Waals surface area contributed by atoms with E-state index >= 15 is 0 Å². The molecule has 3 aliphatic heterocycles. The summed E-state index contributed by atoms with van der Waals surface area (Å²) in [6.45, 7) is 6.54. The molecule has 40 heavy (non-hydrogen) atoms. The first-order valence-electron chi connectivity index (χ1n) is 15.5. The number of amides is 3. The average molecular weight is 544 g/mol. The molecular formula is C32H41N5O3. The summed E-state index contributed by atoms with van der Waals surface area (Å²) in [5, 5.41) is 6.43. The number of carbonyl (C=O) groups is 3. The molecule has 7 aliphatic rings. The van der Waals surface area contributed by atoms with Crippen molar-refractivity contribution in [2.75, 3.05) is 39.3 Å². The second kappa shape index (κ2) is 10.5. The fourth-order valence-corrected chi connectivity index (χ4v) is 8.95. The van der Waals surface area contributed by atoms with E-state index in [-0.39, 0.29) is 24.1 Å². The monoisotopic (exact) mass is 543 g/mol. The summed E-state index contributed by atoms with van der Waals surface area (Å²) in [4.78, 5) is 43.5. The largest absolute Gasteiger partial charge is 0.331 e. The maximum absolute atomic E-state index is 13.1. The highest BCUT2D eigenvalue weighted by Gasteiger charge is 2.50. The van der Waals surface area contributed by atoms with Crippen LogP contribution >= 0.6 is 0 Å². The van der Waals surface area contributed by atoms with Crippen molar-refractivity contribution in [2.45, 2.75) is 75.9 Å². The fourth-order valence-electron chi connectivity index (χ4n) is 8.95. The van der Waals surface area contributed by atoms with Gasteiger partial charge in [-0.1, -0.05) is 6.07 Å². The van der Waals surface area contributed by atoms with Crippen LogP contribution in [0.15, 0.2) is 18.2 Å². The van der Waals surface area contributed by atoms with E-state index in [0.29, 0.717) is 24.1 Å². The van der Waals surface area contributed by atoms with Crippen LogP contribution < -0.4 is 10.6 Å². The van der Waals surface area contributed by atoms with Gasteiger partial charge in [-0.15, -0.1) is 0 Å². The number of rotatable bonds is 5. The number of hydrogen-bond donors (Lipinski definition) is 2. The predicted octanol–water partition coefficient (Wildman–Crippen LogP) is 2.32. The first-order valence-corrected chi connectivity index (χ1v) is 15.5. The van der Waals surface area contributed by atoms with E-state index in [0.717, 1.165) is 74.6 Å². The Balaban J connectivity index is 0.939. The van der Waals surface area contributed by atoms with E-state index in [4.69, 9.17) is 0 Å². The van der Waals surface area contributed by atoms with Gasteiger partial charge in [0.05, 0.1) is 0 Å². The van der Waals surface area contributed by atoms with Crippen molar-refractivity contribution in [3.8, 4) is 12.0 Å². The molecule has 2 N–H and O–H groups in total. The zero-order valence-electron chi connectivity index (χ0n) is 23.4. The lowest BCUT2D eigenvalue weighted by atomic mass is 9.53. The third-order valence-corrected chi connectivity index (χ3v) is 10.5. The molecule has 3 heterocycles. The molecule has 3 amide bonds. The van der Waals surface area contributed by atoms with Gasteiger partial charge in [0.15, 0.2) is 0 Å². The van der Waals surface area contributed by atoms with Crippen molar-refractivity contribution in [1.82, 2.24) is 25.3 Å². The predicted molar refractivity (Wildman–Crippen MR) is 151 cm³/mol. The van der Waals surface area contributed by atoms with E-state index in [2.05, 4.69) is 32.4 Å². The third kappa shape index (κ3) is 5.03. The Kier molecular flexibility index (Phi) is 6.83. The SMILES string of the molecule is O=C1CCC(N2Cc3c(C#CN4CCCN(CCNC56CC7CC(CC(C7)C5)C6)CC4)cccc3C2=O)C(=O)N1. The average Bonchev–Trinajstić information content (AvgIpc) is 3.09. The van der Waals surface area contributed by atoms with Gasteiger partial charge in [0.2, 0.25) is 11.8 Å². The van der Waals surface area contributed by atoms with E-state index in [1.807, 2.05) is 18.2 Å². The van der Waals surface area contributed by atoms with Gasteiger partial charge >= 0.3 is 0 Å². The number of piperidine rings is 1. The number of benzene rings is 1. The van der Waals surface area contributed by atoms with Crippen LogP contribution in [0.4, 0.5) is 0 Å². The topological polar surface area (TPSA) is 85.0 Å². The summed E-state index contributed by atoms with van der Waals surface area (Å²) >= 11 is 0. The highest BCUT2D eigenvalue weighted by atomic mass is 16.2. The molecule has 2 saturated heterocycles. The molecular weight excluding hydrogens is 502 g/mol. The zero-order chi connectivity index (χ0) is 27.3. The van der Waals surface area contributed by atoms with Gasteiger partial charge in [-0.2, -0.15) is 0 Å².